The van der Waals surface area contributed by atoms with Gasteiger partial charge in [0.2, 0.25) is 0 Å². The topological polar surface area (TPSA) is 17.1 Å². The van der Waals surface area contributed by atoms with Gasteiger partial charge in [-0.15, -0.1) is 0 Å². The summed E-state index contributed by atoms with van der Waals surface area (Å²) in [6, 6.07) is 16.5. The van der Waals surface area contributed by atoms with E-state index in [2.05, 4.69) is 50.2 Å². The van der Waals surface area contributed by atoms with Crippen molar-refractivity contribution in [1.82, 2.24) is 0 Å². The summed E-state index contributed by atoms with van der Waals surface area (Å²) in [6.07, 6.45) is 1.68. The van der Waals surface area contributed by atoms with Crippen molar-refractivity contribution >= 4 is 5.78 Å². The number of hydrogen-bond acceptors (Lipinski definition) is 1. The first kappa shape index (κ1) is 13.1. The summed E-state index contributed by atoms with van der Waals surface area (Å²) in [5.74, 6) is 1.20. The molecule has 1 unspecified atom stereocenters. The minimum absolute atomic E-state index is 0.264. The molecule has 3 rings (SSSR count). The van der Waals surface area contributed by atoms with Crippen LogP contribution < -0.4 is 0 Å². The van der Waals surface area contributed by atoms with Gasteiger partial charge in [-0.2, -0.15) is 0 Å². The highest BCUT2D eigenvalue weighted by molar-refractivity contribution is 5.96. The van der Waals surface area contributed by atoms with E-state index in [0.29, 0.717) is 18.3 Å². The van der Waals surface area contributed by atoms with Crippen molar-refractivity contribution < 1.29 is 4.79 Å². The van der Waals surface area contributed by atoms with Crippen LogP contribution in [0.25, 0.3) is 0 Å². The number of carbonyl (C=O) groups excluding carboxylic acids is 1. The molecular weight excluding hydrogens is 244 g/mol. The summed E-state index contributed by atoms with van der Waals surface area (Å²) >= 11 is 0. The van der Waals surface area contributed by atoms with Crippen LogP contribution in [0, 0.1) is 0 Å². The molecule has 0 bridgehead atoms. The second kappa shape index (κ2) is 5.24. The van der Waals surface area contributed by atoms with Gasteiger partial charge in [-0.1, -0.05) is 62.4 Å². The van der Waals surface area contributed by atoms with E-state index < -0.39 is 0 Å². The average Bonchev–Trinajstić information content (AvgIpc) is 2.44. The fourth-order valence-electron chi connectivity index (χ4n) is 2.94. The predicted octanol–water partition coefficient (Wildman–Crippen LogP) is 4.72. The molecule has 0 aromatic heterocycles. The third-order valence-electron chi connectivity index (χ3n) is 4.29. The molecule has 0 N–H and O–H groups in total. The molecule has 0 aliphatic heterocycles. The molecule has 20 heavy (non-hydrogen) atoms. The minimum Gasteiger partial charge on any atom is -0.294 e. The zero-order valence-corrected chi connectivity index (χ0v) is 12.1. The van der Waals surface area contributed by atoms with Crippen LogP contribution in [0.15, 0.2) is 48.5 Å². The van der Waals surface area contributed by atoms with Crippen molar-refractivity contribution in [2.75, 3.05) is 0 Å². The molecule has 0 heterocycles. The number of rotatable bonds is 4. The molecule has 102 valence electrons. The first-order valence-corrected chi connectivity index (χ1v) is 7.36. The van der Waals surface area contributed by atoms with E-state index in [-0.39, 0.29) is 5.78 Å². The number of ketones is 1. The summed E-state index contributed by atoms with van der Waals surface area (Å²) in [5.41, 5.74) is 4.90. The van der Waals surface area contributed by atoms with Crippen LogP contribution >= 0.6 is 0 Å². The van der Waals surface area contributed by atoms with Crippen molar-refractivity contribution in [2.24, 2.45) is 0 Å². The Hall–Kier alpha value is -1.89. The van der Waals surface area contributed by atoms with Crippen LogP contribution in [0.2, 0.25) is 0 Å². The SMILES string of the molecule is CC(C)c1ccc(C(=O)CC2Cc3ccccc32)cc1. The first-order valence-electron chi connectivity index (χ1n) is 7.36. The van der Waals surface area contributed by atoms with Gasteiger partial charge in [0.25, 0.3) is 0 Å². The number of hydrogen-bond donors (Lipinski definition) is 0. The Kier molecular flexibility index (Phi) is 3.43. The van der Waals surface area contributed by atoms with Gasteiger partial charge < -0.3 is 0 Å². The van der Waals surface area contributed by atoms with Crippen LogP contribution in [-0.2, 0) is 6.42 Å². The normalized spacial score (nSPS) is 16.6. The van der Waals surface area contributed by atoms with Crippen molar-refractivity contribution in [2.45, 2.75) is 38.5 Å². The van der Waals surface area contributed by atoms with Gasteiger partial charge in [-0.05, 0) is 34.9 Å². The molecule has 0 radical (unpaired) electrons. The molecule has 1 aliphatic rings. The standard InChI is InChI=1S/C19H20O/c1-13(2)14-7-9-15(10-8-14)19(20)12-17-11-16-5-3-4-6-18(16)17/h3-10,13,17H,11-12H2,1-2H3. The average molecular weight is 264 g/mol. The molecule has 0 spiro atoms. The molecule has 1 atom stereocenters. The third-order valence-corrected chi connectivity index (χ3v) is 4.29. The summed E-state index contributed by atoms with van der Waals surface area (Å²) in [4.78, 5) is 12.3. The third kappa shape index (κ3) is 2.40. The van der Waals surface area contributed by atoms with E-state index in [1.807, 2.05) is 12.1 Å². The van der Waals surface area contributed by atoms with E-state index in [4.69, 9.17) is 0 Å². The maximum atomic E-state index is 12.3. The number of fused-ring (bicyclic) bond motifs is 1. The summed E-state index contributed by atoms with van der Waals surface area (Å²) in [6.45, 7) is 4.34. The van der Waals surface area contributed by atoms with E-state index in [0.717, 1.165) is 12.0 Å². The van der Waals surface area contributed by atoms with Crippen LogP contribution in [0.5, 0.6) is 0 Å². The Labute approximate surface area is 120 Å². The van der Waals surface area contributed by atoms with Gasteiger partial charge in [0.05, 0.1) is 0 Å². The summed E-state index contributed by atoms with van der Waals surface area (Å²) in [7, 11) is 0. The molecule has 1 heteroatoms. The van der Waals surface area contributed by atoms with Crippen molar-refractivity contribution in [3.8, 4) is 0 Å². The smallest absolute Gasteiger partial charge is 0.163 e. The molecule has 0 fully saturated rings. The van der Waals surface area contributed by atoms with Gasteiger partial charge in [0.1, 0.15) is 0 Å². The van der Waals surface area contributed by atoms with E-state index in [9.17, 15) is 4.79 Å². The first-order chi connectivity index (χ1) is 9.65. The molecule has 1 aliphatic carbocycles. The van der Waals surface area contributed by atoms with Crippen molar-refractivity contribution in [1.29, 1.82) is 0 Å². The fourth-order valence-corrected chi connectivity index (χ4v) is 2.94. The maximum absolute atomic E-state index is 12.3. The van der Waals surface area contributed by atoms with Crippen LogP contribution in [0.4, 0.5) is 0 Å². The van der Waals surface area contributed by atoms with Crippen molar-refractivity contribution in [3.63, 3.8) is 0 Å². The van der Waals surface area contributed by atoms with Crippen LogP contribution in [-0.4, -0.2) is 5.78 Å². The molecule has 2 aromatic carbocycles. The molecule has 1 nitrogen and oxygen atoms in total. The van der Waals surface area contributed by atoms with E-state index in [1.54, 1.807) is 0 Å². The Balaban J connectivity index is 1.69. The van der Waals surface area contributed by atoms with Gasteiger partial charge in [0.15, 0.2) is 5.78 Å². The highest BCUT2D eigenvalue weighted by Gasteiger charge is 2.27. The Morgan fingerprint density at radius 2 is 1.80 bits per heavy atom. The zero-order chi connectivity index (χ0) is 14.1. The van der Waals surface area contributed by atoms with E-state index >= 15 is 0 Å². The molecule has 0 saturated heterocycles. The largest absolute Gasteiger partial charge is 0.294 e. The molecule has 0 saturated carbocycles. The van der Waals surface area contributed by atoms with Crippen LogP contribution in [0.3, 0.4) is 0 Å². The lowest BCUT2D eigenvalue weighted by Gasteiger charge is -2.29. The Bertz CT molecular complexity index is 622. The molecule has 0 amide bonds. The Morgan fingerprint density at radius 3 is 2.45 bits per heavy atom. The number of carbonyl (C=O) groups is 1. The highest BCUT2D eigenvalue weighted by Crippen LogP contribution is 2.37. The number of Topliss-reactive ketones (excluding diaryl/α,β-unsaturated/α-hetero) is 1. The molecular formula is C19H20O. The van der Waals surface area contributed by atoms with Gasteiger partial charge >= 0.3 is 0 Å². The molecule has 2 aromatic rings. The highest BCUT2D eigenvalue weighted by atomic mass is 16.1. The van der Waals surface area contributed by atoms with Gasteiger partial charge in [0, 0.05) is 12.0 Å². The van der Waals surface area contributed by atoms with Crippen LogP contribution in [0.1, 0.15) is 59.2 Å². The summed E-state index contributed by atoms with van der Waals surface area (Å²) in [5, 5.41) is 0. The second-order valence-electron chi connectivity index (χ2n) is 6.00. The zero-order valence-electron chi connectivity index (χ0n) is 12.1. The monoisotopic (exact) mass is 264 g/mol. The minimum atomic E-state index is 0.264. The van der Waals surface area contributed by atoms with Crippen molar-refractivity contribution in [3.05, 3.63) is 70.8 Å². The predicted molar refractivity (Wildman–Crippen MR) is 82.4 cm³/mol. The summed E-state index contributed by atoms with van der Waals surface area (Å²) < 4.78 is 0. The van der Waals surface area contributed by atoms with Gasteiger partial charge in [-0.3, -0.25) is 4.79 Å². The maximum Gasteiger partial charge on any atom is 0.163 e. The number of benzene rings is 2. The Morgan fingerprint density at radius 1 is 1.10 bits per heavy atom. The fraction of sp³-hybridized carbons (Fsp3) is 0.316. The lowest BCUT2D eigenvalue weighted by molar-refractivity contribution is 0.0970. The lowest BCUT2D eigenvalue weighted by atomic mass is 9.74. The lowest BCUT2D eigenvalue weighted by Crippen LogP contribution is -2.20. The van der Waals surface area contributed by atoms with E-state index in [1.165, 1.54) is 16.7 Å². The quantitative estimate of drug-likeness (QED) is 0.730. The second-order valence-corrected chi connectivity index (χ2v) is 6.00. The van der Waals surface area contributed by atoms with Gasteiger partial charge in [-0.25, -0.2) is 0 Å².